The third-order valence-corrected chi connectivity index (χ3v) is 4.41. The van der Waals surface area contributed by atoms with Gasteiger partial charge in [-0.15, -0.1) is 12.4 Å². The SMILES string of the molecule is Cl.O=C(CCc1ccc(OC(F)F)cc1)N1CCNCC1c1cccnc1. The number of pyridine rings is 1. The van der Waals surface area contributed by atoms with E-state index in [2.05, 4.69) is 15.0 Å². The van der Waals surface area contributed by atoms with Crippen molar-refractivity contribution in [3.63, 3.8) is 0 Å². The van der Waals surface area contributed by atoms with E-state index in [4.69, 9.17) is 0 Å². The van der Waals surface area contributed by atoms with E-state index in [9.17, 15) is 13.6 Å². The number of hydrogen-bond donors (Lipinski definition) is 1. The number of nitrogens with zero attached hydrogens (tertiary/aromatic N) is 2. The Labute approximate surface area is 163 Å². The molecular formula is C19H22ClF2N3O2. The molecule has 0 aliphatic carbocycles. The lowest BCUT2D eigenvalue weighted by molar-refractivity contribution is -0.134. The summed E-state index contributed by atoms with van der Waals surface area (Å²) in [6, 6.07) is 10.2. The number of carbonyl (C=O) groups excluding carboxylic acids is 1. The number of benzene rings is 1. The van der Waals surface area contributed by atoms with Crippen molar-refractivity contribution in [3.8, 4) is 5.75 Å². The second kappa shape index (κ2) is 10.2. The third kappa shape index (κ3) is 5.87. The predicted molar refractivity (Wildman–Crippen MR) is 100 cm³/mol. The molecule has 0 saturated carbocycles. The van der Waals surface area contributed by atoms with Crippen molar-refractivity contribution < 1.29 is 18.3 Å². The minimum atomic E-state index is -2.83. The summed E-state index contributed by atoms with van der Waals surface area (Å²) < 4.78 is 28.7. The number of piperazine rings is 1. The maximum atomic E-state index is 12.7. The van der Waals surface area contributed by atoms with Crippen molar-refractivity contribution in [1.82, 2.24) is 15.2 Å². The van der Waals surface area contributed by atoms with Crippen molar-refractivity contribution in [3.05, 3.63) is 59.9 Å². The van der Waals surface area contributed by atoms with Crippen molar-refractivity contribution >= 4 is 18.3 Å². The Morgan fingerprint density at radius 1 is 1.30 bits per heavy atom. The van der Waals surface area contributed by atoms with E-state index in [1.807, 2.05) is 17.0 Å². The van der Waals surface area contributed by atoms with Gasteiger partial charge in [-0.05, 0) is 35.7 Å². The summed E-state index contributed by atoms with van der Waals surface area (Å²) in [6.07, 6.45) is 4.43. The summed E-state index contributed by atoms with van der Waals surface area (Å²) in [5.74, 6) is 0.196. The van der Waals surface area contributed by atoms with E-state index in [1.54, 1.807) is 24.5 Å². The number of nitrogens with one attached hydrogen (secondary N) is 1. The molecule has 1 aliphatic heterocycles. The highest BCUT2D eigenvalue weighted by Crippen LogP contribution is 2.23. The quantitative estimate of drug-likeness (QED) is 0.813. The first-order valence-corrected chi connectivity index (χ1v) is 8.57. The fourth-order valence-corrected chi connectivity index (χ4v) is 3.11. The van der Waals surface area contributed by atoms with E-state index in [1.165, 1.54) is 12.1 Å². The predicted octanol–water partition coefficient (Wildman–Crippen LogP) is 3.21. The van der Waals surface area contributed by atoms with E-state index >= 15 is 0 Å². The first kappa shape index (κ1) is 21.1. The standard InChI is InChI=1S/C19H21F2N3O2.ClH/c20-19(21)26-16-6-3-14(4-7-16)5-8-18(25)24-11-10-23-13-17(24)15-2-1-9-22-12-15;/h1-4,6-7,9,12,17,19,23H,5,8,10-11,13H2;1H. The molecule has 1 atom stereocenters. The van der Waals surface area contributed by atoms with Gasteiger partial charge in [-0.1, -0.05) is 18.2 Å². The molecule has 1 aliphatic rings. The van der Waals surface area contributed by atoms with Crippen LogP contribution in [0.5, 0.6) is 5.75 Å². The normalized spacial score (nSPS) is 16.7. The number of alkyl halides is 2. The molecule has 1 aromatic carbocycles. The Hall–Kier alpha value is -2.25. The van der Waals surface area contributed by atoms with Crippen LogP contribution in [0.1, 0.15) is 23.6 Å². The average molecular weight is 398 g/mol. The molecule has 2 heterocycles. The molecule has 1 saturated heterocycles. The summed E-state index contributed by atoms with van der Waals surface area (Å²) in [7, 11) is 0. The first-order valence-electron chi connectivity index (χ1n) is 8.57. The van der Waals surface area contributed by atoms with Crippen molar-refractivity contribution in [2.75, 3.05) is 19.6 Å². The molecule has 3 rings (SSSR count). The van der Waals surface area contributed by atoms with E-state index in [0.29, 0.717) is 25.9 Å². The smallest absolute Gasteiger partial charge is 0.387 e. The van der Waals surface area contributed by atoms with Gasteiger partial charge in [0.05, 0.1) is 6.04 Å². The van der Waals surface area contributed by atoms with Gasteiger partial charge < -0.3 is 15.0 Å². The number of aromatic nitrogens is 1. The van der Waals surface area contributed by atoms with Crippen LogP contribution in [-0.2, 0) is 11.2 Å². The highest BCUT2D eigenvalue weighted by molar-refractivity contribution is 5.85. The minimum absolute atomic E-state index is 0. The van der Waals surface area contributed by atoms with Crippen LogP contribution in [0.4, 0.5) is 8.78 Å². The maximum Gasteiger partial charge on any atom is 0.387 e. The van der Waals surface area contributed by atoms with E-state index in [-0.39, 0.29) is 30.1 Å². The molecule has 1 aromatic heterocycles. The zero-order valence-corrected chi connectivity index (χ0v) is 15.5. The molecule has 2 aromatic rings. The van der Waals surface area contributed by atoms with Crippen LogP contribution in [0.25, 0.3) is 0 Å². The van der Waals surface area contributed by atoms with Crippen LogP contribution in [-0.4, -0.2) is 42.0 Å². The van der Waals surface area contributed by atoms with Crippen LogP contribution in [0.15, 0.2) is 48.8 Å². The molecule has 1 fully saturated rings. The molecule has 1 amide bonds. The highest BCUT2D eigenvalue weighted by Gasteiger charge is 2.27. The topological polar surface area (TPSA) is 54.5 Å². The molecule has 27 heavy (non-hydrogen) atoms. The summed E-state index contributed by atoms with van der Waals surface area (Å²) >= 11 is 0. The number of ether oxygens (including phenoxy) is 1. The lowest BCUT2D eigenvalue weighted by atomic mass is 10.0. The molecule has 5 nitrogen and oxygen atoms in total. The summed E-state index contributed by atoms with van der Waals surface area (Å²) in [5, 5.41) is 3.32. The van der Waals surface area contributed by atoms with Gasteiger partial charge in [0.2, 0.25) is 5.91 Å². The van der Waals surface area contributed by atoms with Gasteiger partial charge in [0.15, 0.2) is 0 Å². The number of aryl methyl sites for hydroxylation is 1. The van der Waals surface area contributed by atoms with E-state index in [0.717, 1.165) is 17.7 Å². The van der Waals surface area contributed by atoms with Crippen molar-refractivity contribution in [2.24, 2.45) is 0 Å². The molecule has 0 bridgehead atoms. The number of amides is 1. The Kier molecular flexibility index (Phi) is 7.94. The molecule has 1 unspecified atom stereocenters. The third-order valence-electron chi connectivity index (χ3n) is 4.41. The molecule has 0 spiro atoms. The van der Waals surface area contributed by atoms with Crippen LogP contribution in [0.3, 0.4) is 0 Å². The maximum absolute atomic E-state index is 12.7. The van der Waals surface area contributed by atoms with Crippen molar-refractivity contribution in [1.29, 1.82) is 0 Å². The van der Waals surface area contributed by atoms with Crippen molar-refractivity contribution in [2.45, 2.75) is 25.5 Å². The number of halogens is 3. The minimum Gasteiger partial charge on any atom is -0.435 e. The van der Waals surface area contributed by atoms with Gasteiger partial charge in [-0.25, -0.2) is 0 Å². The molecule has 0 radical (unpaired) electrons. The number of carbonyl (C=O) groups is 1. The molecule has 146 valence electrons. The van der Waals surface area contributed by atoms with Crippen LogP contribution < -0.4 is 10.1 Å². The highest BCUT2D eigenvalue weighted by atomic mass is 35.5. The summed E-state index contributed by atoms with van der Waals surface area (Å²) in [5.41, 5.74) is 1.93. The Bertz CT molecular complexity index is 717. The van der Waals surface area contributed by atoms with Gasteiger partial charge in [-0.2, -0.15) is 8.78 Å². The number of rotatable bonds is 6. The fraction of sp³-hybridized carbons (Fsp3) is 0.368. The van der Waals surface area contributed by atoms with Crippen LogP contribution in [0.2, 0.25) is 0 Å². The summed E-state index contributed by atoms with van der Waals surface area (Å²) in [4.78, 5) is 18.8. The van der Waals surface area contributed by atoms with Gasteiger partial charge in [0.25, 0.3) is 0 Å². The lowest BCUT2D eigenvalue weighted by Crippen LogP contribution is -2.48. The fourth-order valence-electron chi connectivity index (χ4n) is 3.11. The molecule has 1 N–H and O–H groups in total. The zero-order chi connectivity index (χ0) is 18.4. The molecular weight excluding hydrogens is 376 g/mol. The number of hydrogen-bond acceptors (Lipinski definition) is 4. The van der Waals surface area contributed by atoms with Gasteiger partial charge in [0.1, 0.15) is 5.75 Å². The van der Waals surface area contributed by atoms with Crippen LogP contribution >= 0.6 is 12.4 Å². The summed E-state index contributed by atoms with van der Waals surface area (Å²) in [6.45, 7) is -0.710. The Morgan fingerprint density at radius 3 is 2.74 bits per heavy atom. The molecule has 8 heteroatoms. The monoisotopic (exact) mass is 397 g/mol. The van der Waals surface area contributed by atoms with Crippen LogP contribution in [0, 0.1) is 0 Å². The second-order valence-corrected chi connectivity index (χ2v) is 6.12. The van der Waals surface area contributed by atoms with E-state index < -0.39 is 6.61 Å². The van der Waals surface area contributed by atoms with Gasteiger partial charge in [-0.3, -0.25) is 9.78 Å². The average Bonchev–Trinajstić information content (AvgIpc) is 2.67. The zero-order valence-electron chi connectivity index (χ0n) is 14.7. The second-order valence-electron chi connectivity index (χ2n) is 6.12. The Morgan fingerprint density at radius 2 is 2.07 bits per heavy atom. The van der Waals surface area contributed by atoms with Gasteiger partial charge in [0, 0.05) is 38.4 Å². The first-order chi connectivity index (χ1) is 12.6. The largest absolute Gasteiger partial charge is 0.435 e. The van der Waals surface area contributed by atoms with Gasteiger partial charge >= 0.3 is 6.61 Å². The Balaban J connectivity index is 0.00000261. The lowest BCUT2D eigenvalue weighted by Gasteiger charge is -2.36.